The van der Waals surface area contributed by atoms with Crippen LogP contribution in [0.5, 0.6) is 86.2 Å². The number of carboxylic acids is 2. The third kappa shape index (κ3) is 28.0. The lowest BCUT2D eigenvalue weighted by Gasteiger charge is -2.17. The van der Waals surface area contributed by atoms with Crippen molar-refractivity contribution in [3.05, 3.63) is 483 Å². The van der Waals surface area contributed by atoms with Gasteiger partial charge in [0, 0.05) is 42.5 Å². The van der Waals surface area contributed by atoms with Gasteiger partial charge in [-0.3, -0.25) is 0 Å². The Bertz CT molecular complexity index is 5470. The molecule has 0 bridgehead atoms. The van der Waals surface area contributed by atoms with Crippen LogP contribution in [0.1, 0.15) is 104 Å². The minimum atomic E-state index is -1.33. The quantitative estimate of drug-likeness (QED) is 0.0363. The van der Waals surface area contributed by atoms with Crippen LogP contribution in [0.3, 0.4) is 0 Å². The zero-order valence-corrected chi connectivity index (χ0v) is 72.4. The van der Waals surface area contributed by atoms with Crippen molar-refractivity contribution < 1.29 is 90.9 Å². The molecular formula is C113H96O19. The first-order valence-corrected chi connectivity index (χ1v) is 43.2. The molecule has 0 aliphatic heterocycles. The van der Waals surface area contributed by atoms with E-state index in [1.807, 2.05) is 352 Å². The van der Waals surface area contributed by atoms with E-state index in [1.54, 1.807) is 18.2 Å². The highest BCUT2D eigenvalue weighted by molar-refractivity contribution is 5.94. The van der Waals surface area contributed by atoms with Crippen molar-refractivity contribution in [3.8, 4) is 86.2 Å². The molecule has 0 atom stereocenters. The van der Waals surface area contributed by atoms with Crippen molar-refractivity contribution in [1.82, 2.24) is 0 Å². The largest absolute Gasteiger partial charge is 0.489 e. The average Bonchev–Trinajstić information content (AvgIpc) is 0.860. The molecule has 2 N–H and O–H groups in total. The molecule has 19 heteroatoms. The molecule has 0 fully saturated rings. The standard InChI is InChI=1S/C113H96O19/c114-112(115)95-55-96(113(116)117)57-111(56-95)132-79-94-53-109(130-77-92-49-105(126-73-88-41-97(118-65-80-25-9-1-10-26-80)58-98(42-88)119-66-81-27-11-2-12-28-81)62-106(50-92)127-74-89-43-99(120-67-82-29-13-3-14-30-82)59-100(44-89)121-68-83-31-15-4-16-32-83)64-110(54-94)131-78-93-51-107(128-75-90-45-101(122-69-84-33-17-5-18-34-84)60-102(46-90)123-70-85-35-19-6-20-36-85)63-108(52-93)129-76-91-47-103(124-71-86-37-21-7-22-38-86)61-104(48-91)125-72-87-39-23-8-24-40-87/h1-64H,65-79H2,(H,114,115)(H,116,117). The van der Waals surface area contributed by atoms with Crippen LogP contribution in [0.15, 0.2) is 388 Å². The Hall–Kier alpha value is -16.5. The van der Waals surface area contributed by atoms with Crippen LogP contribution in [0.25, 0.3) is 0 Å². The van der Waals surface area contributed by atoms with Crippen molar-refractivity contribution in [2.75, 3.05) is 0 Å². The maximum absolute atomic E-state index is 12.4. The van der Waals surface area contributed by atoms with Gasteiger partial charge in [0.15, 0.2) is 0 Å². The molecule has 0 aliphatic rings. The first-order chi connectivity index (χ1) is 64.9. The average molecular weight is 1760 g/mol. The van der Waals surface area contributed by atoms with Crippen LogP contribution >= 0.6 is 0 Å². The minimum Gasteiger partial charge on any atom is -0.489 e. The summed E-state index contributed by atoms with van der Waals surface area (Å²) >= 11 is 0. The molecule has 0 saturated heterocycles. The Balaban J connectivity index is 0.716. The van der Waals surface area contributed by atoms with Crippen LogP contribution in [-0.2, 0) is 99.1 Å². The molecule has 16 rings (SSSR count). The van der Waals surface area contributed by atoms with E-state index in [4.69, 9.17) is 71.1 Å². The molecule has 662 valence electrons. The summed E-state index contributed by atoms with van der Waals surface area (Å²) in [5.41, 5.74) is 12.3. The Labute approximate surface area is 766 Å². The summed E-state index contributed by atoms with van der Waals surface area (Å²) in [5, 5.41) is 20.2. The van der Waals surface area contributed by atoms with Crippen LogP contribution in [0, 0.1) is 0 Å². The fraction of sp³-hybridized carbons (Fsp3) is 0.133. The van der Waals surface area contributed by atoms with Gasteiger partial charge in [-0.1, -0.05) is 243 Å². The number of hydrogen-bond acceptors (Lipinski definition) is 17. The lowest BCUT2D eigenvalue weighted by atomic mass is 10.1. The van der Waals surface area contributed by atoms with Crippen LogP contribution in [0.2, 0.25) is 0 Å². The third-order valence-corrected chi connectivity index (χ3v) is 20.8. The Kier molecular flexibility index (Phi) is 30.8. The summed E-state index contributed by atoms with van der Waals surface area (Å²) in [7, 11) is 0. The van der Waals surface area contributed by atoms with Crippen molar-refractivity contribution in [2.24, 2.45) is 0 Å². The molecule has 0 spiro atoms. The summed E-state index contributed by atoms with van der Waals surface area (Å²) in [6.07, 6.45) is 0. The monoisotopic (exact) mass is 1760 g/mol. The highest BCUT2D eigenvalue weighted by Gasteiger charge is 2.19. The Morgan fingerprint density at radius 2 is 0.242 bits per heavy atom. The van der Waals surface area contributed by atoms with Crippen molar-refractivity contribution >= 4 is 11.9 Å². The van der Waals surface area contributed by atoms with Gasteiger partial charge in [0.25, 0.3) is 0 Å². The Morgan fingerprint density at radius 1 is 0.136 bits per heavy atom. The van der Waals surface area contributed by atoms with Gasteiger partial charge < -0.3 is 81.3 Å². The zero-order chi connectivity index (χ0) is 90.1. The lowest BCUT2D eigenvalue weighted by molar-refractivity contribution is 0.0696. The van der Waals surface area contributed by atoms with E-state index in [0.717, 1.165) is 72.8 Å². The third-order valence-electron chi connectivity index (χ3n) is 20.8. The highest BCUT2D eigenvalue weighted by atomic mass is 16.5. The fourth-order valence-electron chi connectivity index (χ4n) is 14.2. The van der Waals surface area contributed by atoms with Gasteiger partial charge in [-0.2, -0.15) is 0 Å². The molecule has 16 aromatic rings. The minimum absolute atomic E-state index is 0.00395. The molecular weight excluding hydrogens is 1660 g/mol. The molecule has 0 aromatic heterocycles. The molecule has 0 unspecified atom stereocenters. The fourth-order valence-corrected chi connectivity index (χ4v) is 14.2. The molecule has 0 amide bonds. The van der Waals surface area contributed by atoms with Gasteiger partial charge in [-0.25, -0.2) is 9.59 Å². The zero-order valence-electron chi connectivity index (χ0n) is 72.4. The van der Waals surface area contributed by atoms with E-state index in [1.165, 1.54) is 12.1 Å². The van der Waals surface area contributed by atoms with E-state index in [0.29, 0.717) is 150 Å². The van der Waals surface area contributed by atoms with Crippen LogP contribution in [0.4, 0.5) is 0 Å². The summed E-state index contributed by atoms with van der Waals surface area (Å²) < 4.78 is 98.6. The number of benzene rings is 16. The van der Waals surface area contributed by atoms with Crippen molar-refractivity contribution in [1.29, 1.82) is 0 Å². The van der Waals surface area contributed by atoms with E-state index in [2.05, 4.69) is 0 Å². The first-order valence-electron chi connectivity index (χ1n) is 43.2. The van der Waals surface area contributed by atoms with Gasteiger partial charge in [-0.15, -0.1) is 0 Å². The molecule has 0 aliphatic carbocycles. The smallest absolute Gasteiger partial charge is 0.335 e. The molecule has 0 saturated carbocycles. The number of carbonyl (C=O) groups is 2. The van der Waals surface area contributed by atoms with Gasteiger partial charge in [-0.05, 0) is 187 Å². The second kappa shape index (κ2) is 45.8. The van der Waals surface area contributed by atoms with Gasteiger partial charge >= 0.3 is 11.9 Å². The SMILES string of the molecule is O=C(O)c1cc(OCc2cc(OCc3cc(OCc4cc(OCc5ccccc5)cc(OCc5ccccc5)c4)cc(OCc4cc(OCc5ccccc5)cc(OCc5ccccc5)c4)c3)cc(OCc3cc(OCc4cc(OCc5ccccc5)cc(OCc5ccccc5)c4)cc(OCc4cc(OCc5ccccc5)cc(OCc5ccccc5)c4)c3)c2)cc(C(=O)O)c1. The van der Waals surface area contributed by atoms with Gasteiger partial charge in [0.2, 0.25) is 0 Å². The summed E-state index contributed by atoms with van der Waals surface area (Å²) in [6, 6.07) is 123. The predicted octanol–water partition coefficient (Wildman–Crippen LogP) is 24.8. The first kappa shape index (κ1) is 88.9. The van der Waals surface area contributed by atoms with Gasteiger partial charge in [0.1, 0.15) is 185 Å². The highest BCUT2D eigenvalue weighted by Crippen LogP contribution is 2.37. The van der Waals surface area contributed by atoms with Crippen molar-refractivity contribution in [3.63, 3.8) is 0 Å². The molecule has 16 aromatic carbocycles. The molecule has 0 radical (unpaired) electrons. The summed E-state index contributed by atoms with van der Waals surface area (Å²) in [5.74, 6) is 4.51. The maximum Gasteiger partial charge on any atom is 0.335 e. The van der Waals surface area contributed by atoms with Crippen LogP contribution < -0.4 is 71.1 Å². The van der Waals surface area contributed by atoms with E-state index >= 15 is 0 Å². The summed E-state index contributed by atoms with van der Waals surface area (Å²) in [6.45, 7) is 2.63. The van der Waals surface area contributed by atoms with Crippen LogP contribution in [-0.4, -0.2) is 22.2 Å². The predicted molar refractivity (Wildman–Crippen MR) is 502 cm³/mol. The second-order valence-electron chi connectivity index (χ2n) is 31.3. The maximum atomic E-state index is 12.4. The number of ether oxygens (including phenoxy) is 15. The van der Waals surface area contributed by atoms with Gasteiger partial charge in [0.05, 0.1) is 11.1 Å². The van der Waals surface area contributed by atoms with E-state index < -0.39 is 11.9 Å². The number of hydrogen-bond donors (Lipinski definition) is 2. The molecule has 0 heterocycles. The normalized spacial score (nSPS) is 10.8. The second-order valence-corrected chi connectivity index (χ2v) is 31.3. The number of aromatic carboxylic acids is 2. The Morgan fingerprint density at radius 3 is 0.356 bits per heavy atom. The topological polar surface area (TPSA) is 213 Å². The molecule has 132 heavy (non-hydrogen) atoms. The van der Waals surface area contributed by atoms with Crippen molar-refractivity contribution in [2.45, 2.75) is 99.1 Å². The lowest BCUT2D eigenvalue weighted by Crippen LogP contribution is -2.05. The number of rotatable bonds is 47. The van der Waals surface area contributed by atoms with E-state index in [-0.39, 0.29) is 63.1 Å². The molecule has 19 nitrogen and oxygen atoms in total. The summed E-state index contributed by atoms with van der Waals surface area (Å²) in [4.78, 5) is 24.8. The van der Waals surface area contributed by atoms with E-state index in [9.17, 15) is 19.8 Å². The number of carboxylic acid groups (broad SMARTS) is 2.